The number of aromatic hydroxyl groups is 1. The van der Waals surface area contributed by atoms with Gasteiger partial charge in [0.2, 0.25) is 10.8 Å². The molecule has 0 aromatic carbocycles. The Morgan fingerprint density at radius 1 is 1.38 bits per heavy atom. The van der Waals surface area contributed by atoms with Crippen molar-refractivity contribution < 1.29 is 5.11 Å². The first-order valence-corrected chi connectivity index (χ1v) is 10.8. The zero-order valence-electron chi connectivity index (χ0n) is 15.4. The molecule has 3 aromatic heterocycles. The molecule has 0 aliphatic carbocycles. The molecule has 0 saturated carbocycles. The largest absolute Gasteiger partial charge is 0.492 e. The van der Waals surface area contributed by atoms with Crippen LogP contribution in [0.3, 0.4) is 0 Å². The smallest absolute Gasteiger partial charge is 0.230 e. The van der Waals surface area contributed by atoms with Gasteiger partial charge in [-0.05, 0) is 51.5 Å². The summed E-state index contributed by atoms with van der Waals surface area (Å²) in [6, 6.07) is 4.79. The zero-order valence-corrected chi connectivity index (χ0v) is 17.1. The number of piperidine rings is 1. The lowest BCUT2D eigenvalue weighted by Gasteiger charge is -2.38. The van der Waals surface area contributed by atoms with Gasteiger partial charge in [-0.25, -0.2) is 4.98 Å². The van der Waals surface area contributed by atoms with Crippen LogP contribution < -0.4 is 0 Å². The van der Waals surface area contributed by atoms with E-state index in [0.717, 1.165) is 48.0 Å². The van der Waals surface area contributed by atoms with Gasteiger partial charge in [-0.1, -0.05) is 24.3 Å². The molecule has 1 aliphatic rings. The second kappa shape index (κ2) is 7.26. The Bertz CT molecular complexity index is 864. The van der Waals surface area contributed by atoms with Gasteiger partial charge in [0.05, 0.1) is 10.9 Å². The Morgan fingerprint density at radius 3 is 2.77 bits per heavy atom. The summed E-state index contributed by atoms with van der Waals surface area (Å²) in [6.45, 7) is 4.26. The number of thiazole rings is 1. The monoisotopic (exact) mass is 391 g/mol. The molecule has 1 unspecified atom stereocenters. The van der Waals surface area contributed by atoms with Crippen LogP contribution in [0.25, 0.3) is 4.96 Å². The normalized spacial score (nSPS) is 18.2. The van der Waals surface area contributed by atoms with E-state index in [-0.39, 0.29) is 11.9 Å². The van der Waals surface area contributed by atoms with Crippen LogP contribution in [-0.4, -0.2) is 62.7 Å². The van der Waals surface area contributed by atoms with Crippen LogP contribution in [0.5, 0.6) is 5.88 Å². The maximum Gasteiger partial charge on any atom is 0.230 e. The van der Waals surface area contributed by atoms with Gasteiger partial charge in [-0.15, -0.1) is 16.4 Å². The van der Waals surface area contributed by atoms with E-state index in [4.69, 9.17) is 0 Å². The Labute approximate surface area is 161 Å². The lowest BCUT2D eigenvalue weighted by Crippen LogP contribution is -2.43. The molecule has 26 heavy (non-hydrogen) atoms. The van der Waals surface area contributed by atoms with Crippen molar-refractivity contribution in [3.8, 4) is 5.88 Å². The molecule has 4 heterocycles. The summed E-state index contributed by atoms with van der Waals surface area (Å²) in [7, 11) is 4.37. The second-order valence-corrected chi connectivity index (χ2v) is 8.97. The zero-order chi connectivity index (χ0) is 18.3. The van der Waals surface area contributed by atoms with Crippen LogP contribution in [-0.2, 0) is 6.42 Å². The summed E-state index contributed by atoms with van der Waals surface area (Å²) >= 11 is 3.29. The van der Waals surface area contributed by atoms with Crippen LogP contribution in [0, 0.1) is 0 Å². The summed E-state index contributed by atoms with van der Waals surface area (Å²) in [4.78, 5) is 12.3. The van der Waals surface area contributed by atoms with Gasteiger partial charge >= 0.3 is 0 Å². The summed E-state index contributed by atoms with van der Waals surface area (Å²) in [5.41, 5.74) is 0. The molecular formula is C18H25N5OS2. The molecule has 1 atom stereocenters. The lowest BCUT2D eigenvalue weighted by molar-refractivity contribution is 0.122. The molecule has 0 spiro atoms. The maximum atomic E-state index is 10.9. The number of aryl methyl sites for hydroxylation is 1. The highest BCUT2D eigenvalue weighted by Crippen LogP contribution is 2.42. The molecular weight excluding hydrogens is 366 g/mol. The van der Waals surface area contributed by atoms with Gasteiger partial charge in [-0.3, -0.25) is 4.90 Å². The van der Waals surface area contributed by atoms with Gasteiger partial charge in [0.15, 0.2) is 5.82 Å². The Kier molecular flexibility index (Phi) is 5.00. The maximum absolute atomic E-state index is 10.9. The highest BCUT2D eigenvalue weighted by molar-refractivity contribution is 7.17. The van der Waals surface area contributed by atoms with E-state index in [0.29, 0.717) is 6.04 Å². The highest BCUT2D eigenvalue weighted by atomic mass is 32.1. The number of fused-ring (bicyclic) bond motifs is 1. The van der Waals surface area contributed by atoms with Gasteiger partial charge in [0.1, 0.15) is 0 Å². The first kappa shape index (κ1) is 17.9. The molecule has 0 bridgehead atoms. The average molecular weight is 392 g/mol. The van der Waals surface area contributed by atoms with Crippen LogP contribution in [0.4, 0.5) is 0 Å². The summed E-state index contributed by atoms with van der Waals surface area (Å²) in [5.74, 6) is 1.00. The van der Waals surface area contributed by atoms with Gasteiger partial charge in [0.25, 0.3) is 0 Å². The van der Waals surface area contributed by atoms with E-state index in [1.165, 1.54) is 4.88 Å². The topological polar surface area (TPSA) is 56.9 Å². The fourth-order valence-corrected chi connectivity index (χ4v) is 5.80. The third kappa shape index (κ3) is 3.15. The predicted octanol–water partition coefficient (Wildman–Crippen LogP) is 3.24. The summed E-state index contributed by atoms with van der Waals surface area (Å²) in [6.07, 6.45) is 3.07. The quantitative estimate of drug-likeness (QED) is 0.724. The lowest BCUT2D eigenvalue weighted by atomic mass is 10.0. The number of hydrogen-bond donors (Lipinski definition) is 1. The van der Waals surface area contributed by atoms with Crippen molar-refractivity contribution in [3.05, 3.63) is 33.1 Å². The standard InChI is InChI=1S/C18H25N5OS2/c1-4-14-19-18-23(20-14)17(24)16(26-18)15(13-6-5-11-25-13)22(3)12-7-9-21(2)10-8-12/h5-6,11-12,15,24H,4,7-10H2,1-3H3. The van der Waals surface area contributed by atoms with Crippen molar-refractivity contribution in [2.45, 2.75) is 38.3 Å². The second-order valence-electron chi connectivity index (χ2n) is 6.98. The molecule has 6 nitrogen and oxygen atoms in total. The number of likely N-dealkylation sites (tertiary alicyclic amines) is 1. The third-order valence-electron chi connectivity index (χ3n) is 5.29. The van der Waals surface area contributed by atoms with E-state index in [2.05, 4.69) is 51.5 Å². The summed E-state index contributed by atoms with van der Waals surface area (Å²) in [5, 5.41) is 17.4. The van der Waals surface area contributed by atoms with Crippen molar-refractivity contribution in [2.75, 3.05) is 27.2 Å². The van der Waals surface area contributed by atoms with Crippen LogP contribution in [0.15, 0.2) is 17.5 Å². The summed E-state index contributed by atoms with van der Waals surface area (Å²) < 4.78 is 1.60. The first-order chi connectivity index (χ1) is 12.6. The number of rotatable bonds is 5. The number of aromatic nitrogens is 3. The molecule has 0 radical (unpaired) electrons. The minimum atomic E-state index is 0.0435. The van der Waals surface area contributed by atoms with Crippen molar-refractivity contribution in [2.24, 2.45) is 0 Å². The molecule has 1 fully saturated rings. The van der Waals surface area contributed by atoms with Crippen LogP contribution in [0.2, 0.25) is 0 Å². The Morgan fingerprint density at radius 2 is 2.15 bits per heavy atom. The number of hydrogen-bond acceptors (Lipinski definition) is 7. The molecule has 3 aromatic rings. The minimum absolute atomic E-state index is 0.0435. The molecule has 1 aliphatic heterocycles. The molecule has 1 saturated heterocycles. The molecule has 8 heteroatoms. The fourth-order valence-electron chi connectivity index (χ4n) is 3.69. The fraction of sp³-hybridized carbons (Fsp3) is 0.556. The van der Waals surface area contributed by atoms with Crippen LogP contribution in [0.1, 0.15) is 41.4 Å². The van der Waals surface area contributed by atoms with Crippen molar-refractivity contribution in [1.29, 1.82) is 0 Å². The number of thiophene rings is 1. The van der Waals surface area contributed by atoms with Crippen molar-refractivity contribution >= 4 is 27.6 Å². The van der Waals surface area contributed by atoms with Gasteiger partial charge in [0, 0.05) is 17.3 Å². The first-order valence-electron chi connectivity index (χ1n) is 9.09. The van der Waals surface area contributed by atoms with Crippen LogP contribution >= 0.6 is 22.7 Å². The van der Waals surface area contributed by atoms with Gasteiger partial charge < -0.3 is 10.0 Å². The SMILES string of the molecule is CCc1nc2sc(C(c3cccs3)N(C)C3CCN(C)CC3)c(O)n2n1. The predicted molar refractivity (Wildman–Crippen MR) is 106 cm³/mol. The molecule has 140 valence electrons. The van der Waals surface area contributed by atoms with Crippen molar-refractivity contribution in [3.63, 3.8) is 0 Å². The van der Waals surface area contributed by atoms with E-state index in [1.807, 2.05) is 6.92 Å². The Hall–Kier alpha value is -1.48. The third-order valence-corrected chi connectivity index (χ3v) is 7.29. The van der Waals surface area contributed by atoms with E-state index in [9.17, 15) is 5.11 Å². The number of nitrogens with zero attached hydrogens (tertiary/aromatic N) is 5. The average Bonchev–Trinajstić information content (AvgIpc) is 3.35. The van der Waals surface area contributed by atoms with Gasteiger partial charge in [-0.2, -0.15) is 4.52 Å². The molecule has 0 amide bonds. The van der Waals surface area contributed by atoms with E-state index in [1.54, 1.807) is 27.2 Å². The highest BCUT2D eigenvalue weighted by Gasteiger charge is 2.33. The molecule has 1 N–H and O–H groups in total. The van der Waals surface area contributed by atoms with Crippen molar-refractivity contribution in [1.82, 2.24) is 24.4 Å². The van der Waals surface area contributed by atoms with E-state index < -0.39 is 0 Å². The molecule has 4 rings (SSSR count). The Balaban J connectivity index is 1.72. The van der Waals surface area contributed by atoms with E-state index >= 15 is 0 Å². The minimum Gasteiger partial charge on any atom is -0.492 e.